The van der Waals surface area contributed by atoms with E-state index in [1.807, 2.05) is 11.0 Å². The van der Waals surface area contributed by atoms with E-state index < -0.39 is 10.0 Å². The second-order valence-corrected chi connectivity index (χ2v) is 11.1. The highest BCUT2D eigenvalue weighted by atomic mass is 32.2. The highest BCUT2D eigenvalue weighted by molar-refractivity contribution is 7.99. The fourth-order valence-electron chi connectivity index (χ4n) is 3.77. The molecule has 9 nitrogen and oxygen atoms in total. The lowest BCUT2D eigenvalue weighted by Gasteiger charge is -2.37. The van der Waals surface area contributed by atoms with Crippen LogP contribution in [0.4, 0.5) is 5.69 Å². The summed E-state index contributed by atoms with van der Waals surface area (Å²) < 4.78 is 31.5. The van der Waals surface area contributed by atoms with Crippen molar-refractivity contribution in [2.24, 2.45) is 0 Å². The molecule has 2 aromatic rings. The Hall–Kier alpha value is -2.50. The van der Waals surface area contributed by atoms with Crippen LogP contribution in [0.3, 0.4) is 0 Å². The predicted molar refractivity (Wildman–Crippen MR) is 121 cm³/mol. The van der Waals surface area contributed by atoms with Crippen molar-refractivity contribution in [3.05, 3.63) is 42.4 Å². The van der Waals surface area contributed by atoms with Crippen LogP contribution in [0.5, 0.6) is 0 Å². The Labute approximate surface area is 192 Å². The van der Waals surface area contributed by atoms with E-state index in [0.29, 0.717) is 38.5 Å². The summed E-state index contributed by atoms with van der Waals surface area (Å²) in [5.41, 5.74) is 0.768. The van der Waals surface area contributed by atoms with Crippen LogP contribution < -0.4 is 4.90 Å². The lowest BCUT2D eigenvalue weighted by molar-refractivity contribution is -0.131. The smallest absolute Gasteiger partial charge is 0.289 e. The molecule has 3 heterocycles. The molecule has 32 heavy (non-hydrogen) atoms. The van der Waals surface area contributed by atoms with Crippen LogP contribution >= 0.6 is 11.8 Å². The highest BCUT2D eigenvalue weighted by Gasteiger charge is 2.29. The Balaban J connectivity index is 1.42. The molecule has 0 aliphatic carbocycles. The maximum absolute atomic E-state index is 13.0. The van der Waals surface area contributed by atoms with Gasteiger partial charge in [0, 0.05) is 57.5 Å². The van der Waals surface area contributed by atoms with Gasteiger partial charge in [-0.1, -0.05) is 0 Å². The summed E-state index contributed by atoms with van der Waals surface area (Å²) in [7, 11) is -0.557. The molecule has 11 heteroatoms. The molecule has 1 fully saturated rings. The fourth-order valence-corrected chi connectivity index (χ4v) is 5.72. The number of carbonyl (C=O) groups excluding carboxylic acids is 2. The molecule has 0 atom stereocenters. The number of fused-ring (bicyclic) bond motifs is 1. The third-order valence-electron chi connectivity index (χ3n) is 5.65. The zero-order valence-corrected chi connectivity index (χ0v) is 19.7. The molecule has 4 rings (SSSR count). The number of hydrogen-bond acceptors (Lipinski definition) is 7. The highest BCUT2D eigenvalue weighted by Crippen LogP contribution is 2.36. The van der Waals surface area contributed by atoms with E-state index in [1.54, 1.807) is 45.8 Å². The zero-order chi connectivity index (χ0) is 22.9. The van der Waals surface area contributed by atoms with Crippen LogP contribution in [0.25, 0.3) is 0 Å². The van der Waals surface area contributed by atoms with Crippen molar-refractivity contribution in [1.29, 1.82) is 0 Å². The van der Waals surface area contributed by atoms with Gasteiger partial charge in [-0.05, 0) is 30.3 Å². The molecule has 0 radical (unpaired) electrons. The van der Waals surface area contributed by atoms with Gasteiger partial charge < -0.3 is 19.1 Å². The van der Waals surface area contributed by atoms with Crippen LogP contribution in [0.2, 0.25) is 0 Å². The van der Waals surface area contributed by atoms with Crippen LogP contribution in [0, 0.1) is 0 Å². The summed E-state index contributed by atoms with van der Waals surface area (Å²) in [5.74, 6) is 0.925. The van der Waals surface area contributed by atoms with Crippen molar-refractivity contribution < 1.29 is 22.4 Å². The van der Waals surface area contributed by atoms with E-state index >= 15 is 0 Å². The van der Waals surface area contributed by atoms with Crippen LogP contribution in [-0.2, 0) is 14.8 Å². The maximum Gasteiger partial charge on any atom is 0.289 e. The summed E-state index contributed by atoms with van der Waals surface area (Å²) in [6, 6.07) is 8.39. The first-order chi connectivity index (χ1) is 15.3. The van der Waals surface area contributed by atoms with Gasteiger partial charge >= 0.3 is 0 Å². The molecule has 2 aliphatic rings. The Morgan fingerprint density at radius 2 is 1.78 bits per heavy atom. The Bertz CT molecular complexity index is 1090. The SMILES string of the molecule is CN(C)S(=O)(=O)c1ccc2c(c1)N(CC(=O)N1CCN(C(=O)c3ccco3)CC1)CCS2. The number of nitrogens with zero attached hydrogens (tertiary/aromatic N) is 4. The number of furan rings is 1. The van der Waals surface area contributed by atoms with E-state index in [2.05, 4.69) is 0 Å². The largest absolute Gasteiger partial charge is 0.459 e. The number of sulfonamides is 1. The van der Waals surface area contributed by atoms with Gasteiger partial charge in [-0.2, -0.15) is 0 Å². The van der Waals surface area contributed by atoms with E-state index in [4.69, 9.17) is 4.42 Å². The standard InChI is InChI=1S/C21H26N4O5S2/c1-22(2)32(28,29)16-5-6-19-17(14-16)25(11-13-31-19)15-20(26)23-7-9-24(10-8-23)21(27)18-4-3-12-30-18/h3-6,12,14H,7-11,13,15H2,1-2H3. The molecule has 2 aliphatic heterocycles. The molecule has 2 amide bonds. The van der Waals surface area contributed by atoms with E-state index in [-0.39, 0.29) is 23.3 Å². The van der Waals surface area contributed by atoms with E-state index in [0.717, 1.165) is 16.3 Å². The molecule has 1 aromatic carbocycles. The number of rotatable bonds is 5. The molecular weight excluding hydrogens is 452 g/mol. The Kier molecular flexibility index (Phi) is 6.50. The minimum Gasteiger partial charge on any atom is -0.459 e. The first kappa shape index (κ1) is 22.7. The summed E-state index contributed by atoms with van der Waals surface area (Å²) in [6.07, 6.45) is 1.47. The van der Waals surface area contributed by atoms with Crippen molar-refractivity contribution >= 4 is 39.3 Å². The topological polar surface area (TPSA) is 94.4 Å². The van der Waals surface area contributed by atoms with Gasteiger partial charge in [0.05, 0.1) is 23.4 Å². The average molecular weight is 479 g/mol. The normalized spacial score (nSPS) is 16.9. The van der Waals surface area contributed by atoms with Crippen LogP contribution in [0.1, 0.15) is 10.6 Å². The fraction of sp³-hybridized carbons (Fsp3) is 0.429. The van der Waals surface area contributed by atoms with Gasteiger partial charge in [-0.3, -0.25) is 9.59 Å². The number of hydrogen-bond donors (Lipinski definition) is 0. The van der Waals surface area contributed by atoms with Crippen molar-refractivity contribution in [3.63, 3.8) is 0 Å². The number of anilines is 1. The van der Waals surface area contributed by atoms with Crippen molar-refractivity contribution in [1.82, 2.24) is 14.1 Å². The van der Waals surface area contributed by atoms with Gasteiger partial charge in [-0.25, -0.2) is 12.7 Å². The molecule has 0 unspecified atom stereocenters. The Morgan fingerprint density at radius 1 is 1.06 bits per heavy atom. The Morgan fingerprint density at radius 3 is 2.44 bits per heavy atom. The summed E-state index contributed by atoms with van der Waals surface area (Å²) in [4.78, 5) is 32.0. The van der Waals surface area contributed by atoms with Gasteiger partial charge in [0.1, 0.15) is 0 Å². The lowest BCUT2D eigenvalue weighted by Crippen LogP contribution is -2.53. The third kappa shape index (κ3) is 4.50. The van der Waals surface area contributed by atoms with E-state index in [9.17, 15) is 18.0 Å². The van der Waals surface area contributed by atoms with Gasteiger partial charge in [0.15, 0.2) is 5.76 Å². The second-order valence-electron chi connectivity index (χ2n) is 7.84. The van der Waals surface area contributed by atoms with Gasteiger partial charge in [0.2, 0.25) is 15.9 Å². The monoisotopic (exact) mass is 478 g/mol. The van der Waals surface area contributed by atoms with Crippen molar-refractivity contribution in [2.75, 3.05) is 64.0 Å². The molecule has 0 bridgehead atoms. The predicted octanol–water partition coefficient (Wildman–Crippen LogP) is 1.43. The molecular formula is C21H26N4O5S2. The minimum atomic E-state index is -3.56. The van der Waals surface area contributed by atoms with E-state index in [1.165, 1.54) is 24.7 Å². The second kappa shape index (κ2) is 9.16. The lowest BCUT2D eigenvalue weighted by atomic mass is 10.2. The minimum absolute atomic E-state index is 0.0335. The first-order valence-electron chi connectivity index (χ1n) is 10.3. The van der Waals surface area contributed by atoms with Crippen molar-refractivity contribution in [2.45, 2.75) is 9.79 Å². The molecule has 0 spiro atoms. The quantitative estimate of drug-likeness (QED) is 0.642. The molecule has 0 saturated carbocycles. The molecule has 172 valence electrons. The first-order valence-corrected chi connectivity index (χ1v) is 12.7. The number of carbonyl (C=O) groups is 2. The van der Waals surface area contributed by atoms with Gasteiger partial charge in [-0.15, -0.1) is 11.8 Å². The van der Waals surface area contributed by atoms with Crippen molar-refractivity contribution in [3.8, 4) is 0 Å². The summed E-state index contributed by atoms with van der Waals surface area (Å²) in [6.45, 7) is 2.63. The van der Waals surface area contributed by atoms with Gasteiger partial charge in [0.25, 0.3) is 5.91 Å². The number of amides is 2. The summed E-state index contributed by atoms with van der Waals surface area (Å²) in [5, 5.41) is 0. The number of piperazine rings is 1. The number of thioether (sulfide) groups is 1. The maximum atomic E-state index is 13.0. The molecule has 0 N–H and O–H groups in total. The zero-order valence-electron chi connectivity index (χ0n) is 18.1. The average Bonchev–Trinajstić information content (AvgIpc) is 3.33. The third-order valence-corrected chi connectivity index (χ3v) is 8.50. The number of benzene rings is 1. The van der Waals surface area contributed by atoms with Crippen LogP contribution in [-0.4, -0.2) is 93.5 Å². The molecule has 1 saturated heterocycles. The molecule has 1 aromatic heterocycles. The summed E-state index contributed by atoms with van der Waals surface area (Å²) >= 11 is 1.66. The van der Waals surface area contributed by atoms with Crippen LogP contribution in [0.15, 0.2) is 50.8 Å².